The Morgan fingerprint density at radius 3 is 2.69 bits per heavy atom. The second-order valence-electron chi connectivity index (χ2n) is 3.38. The van der Waals surface area contributed by atoms with Gasteiger partial charge in [0.25, 0.3) is 0 Å². The van der Waals surface area contributed by atoms with Gasteiger partial charge in [-0.05, 0) is 12.8 Å². The molecule has 0 aliphatic heterocycles. The Bertz CT molecular complexity index is 169. The Morgan fingerprint density at radius 1 is 1.54 bits per heavy atom. The molecule has 13 heavy (non-hydrogen) atoms. The Morgan fingerprint density at radius 2 is 2.15 bits per heavy atom. The molecule has 5 heteroatoms. The van der Waals surface area contributed by atoms with Crippen molar-refractivity contribution in [2.75, 3.05) is 6.54 Å². The van der Waals surface area contributed by atoms with Gasteiger partial charge in [0.15, 0.2) is 0 Å². The second-order valence-corrected chi connectivity index (χ2v) is 3.38. The summed E-state index contributed by atoms with van der Waals surface area (Å²) in [6.07, 6.45) is 4.88. The van der Waals surface area contributed by atoms with Gasteiger partial charge in [-0.3, -0.25) is 9.63 Å². The number of nitrogens with one attached hydrogen (secondary N) is 1. The van der Waals surface area contributed by atoms with Crippen LogP contribution in [0.5, 0.6) is 0 Å². The van der Waals surface area contributed by atoms with Gasteiger partial charge in [0.05, 0.1) is 12.1 Å². The number of rotatable bonds is 5. The van der Waals surface area contributed by atoms with Crippen LogP contribution in [0.4, 0.5) is 0 Å². The number of hydroxylamine groups is 1. The predicted octanol–water partition coefficient (Wildman–Crippen LogP) is -0.737. The molecule has 1 atom stereocenters. The van der Waals surface area contributed by atoms with Crippen molar-refractivity contribution in [1.29, 1.82) is 0 Å². The third-order valence-corrected chi connectivity index (χ3v) is 2.22. The first-order valence-electron chi connectivity index (χ1n) is 4.63. The fraction of sp³-hybridized carbons (Fsp3) is 0.875. The molecular weight excluding hydrogens is 170 g/mol. The molecular formula is C8H17N3O2. The van der Waals surface area contributed by atoms with Crippen molar-refractivity contribution in [3.8, 4) is 0 Å². The van der Waals surface area contributed by atoms with Gasteiger partial charge in [0.2, 0.25) is 5.91 Å². The summed E-state index contributed by atoms with van der Waals surface area (Å²) in [5.74, 6) is -0.512. The highest BCUT2D eigenvalue weighted by molar-refractivity contribution is 5.79. The van der Waals surface area contributed by atoms with E-state index in [1.165, 1.54) is 12.8 Å². The Kier molecular flexibility index (Phi) is 4.14. The molecule has 5 nitrogen and oxygen atoms in total. The molecule has 1 aliphatic carbocycles. The van der Waals surface area contributed by atoms with Crippen LogP contribution in [-0.4, -0.2) is 24.6 Å². The molecule has 1 aliphatic rings. The maximum Gasteiger partial charge on any atom is 0.235 e. The lowest BCUT2D eigenvalue weighted by Gasteiger charge is -2.13. The Balaban J connectivity index is 2.02. The topological polar surface area (TPSA) is 90.4 Å². The first-order chi connectivity index (χ1) is 6.20. The van der Waals surface area contributed by atoms with Crippen LogP contribution < -0.4 is 16.9 Å². The van der Waals surface area contributed by atoms with Gasteiger partial charge in [-0.25, -0.2) is 5.48 Å². The van der Waals surface area contributed by atoms with Crippen molar-refractivity contribution in [3.05, 3.63) is 0 Å². The standard InChI is InChI=1S/C8H17N3O2/c9-7(8(10)12)5-11-13-6-3-1-2-4-6/h6-7,11H,1-5,9H2,(H2,10,12). The highest BCUT2D eigenvalue weighted by atomic mass is 16.7. The predicted molar refractivity (Wildman–Crippen MR) is 48.5 cm³/mol. The smallest absolute Gasteiger partial charge is 0.235 e. The summed E-state index contributed by atoms with van der Waals surface area (Å²) < 4.78 is 0. The first kappa shape index (κ1) is 10.4. The van der Waals surface area contributed by atoms with Crippen LogP contribution in [0.15, 0.2) is 0 Å². The van der Waals surface area contributed by atoms with E-state index in [1.54, 1.807) is 0 Å². The molecule has 1 rings (SSSR count). The Hall–Kier alpha value is -0.650. The average Bonchev–Trinajstić information content (AvgIpc) is 2.56. The van der Waals surface area contributed by atoms with E-state index in [4.69, 9.17) is 16.3 Å². The summed E-state index contributed by atoms with van der Waals surface area (Å²) in [7, 11) is 0. The summed E-state index contributed by atoms with van der Waals surface area (Å²) in [6.45, 7) is 0.284. The lowest BCUT2D eigenvalue weighted by atomic mass is 10.3. The largest absolute Gasteiger partial charge is 0.368 e. The number of primary amides is 1. The van der Waals surface area contributed by atoms with Gasteiger partial charge >= 0.3 is 0 Å². The zero-order valence-electron chi connectivity index (χ0n) is 7.66. The monoisotopic (exact) mass is 187 g/mol. The van der Waals surface area contributed by atoms with Crippen LogP contribution in [0, 0.1) is 0 Å². The lowest BCUT2D eigenvalue weighted by Crippen LogP contribution is -2.44. The van der Waals surface area contributed by atoms with Crippen molar-refractivity contribution in [1.82, 2.24) is 5.48 Å². The van der Waals surface area contributed by atoms with Crippen molar-refractivity contribution in [3.63, 3.8) is 0 Å². The highest BCUT2D eigenvalue weighted by Crippen LogP contribution is 2.19. The number of carbonyl (C=O) groups excluding carboxylic acids is 1. The quantitative estimate of drug-likeness (QED) is 0.494. The van der Waals surface area contributed by atoms with E-state index >= 15 is 0 Å². The molecule has 0 bridgehead atoms. The SMILES string of the molecule is NC(=O)C(N)CNOC1CCCC1. The van der Waals surface area contributed by atoms with E-state index in [0.717, 1.165) is 12.8 Å². The average molecular weight is 187 g/mol. The minimum atomic E-state index is -0.665. The normalized spacial score (nSPS) is 20.4. The molecule has 5 N–H and O–H groups in total. The summed E-state index contributed by atoms with van der Waals surface area (Å²) in [5, 5.41) is 0. The van der Waals surface area contributed by atoms with Crippen molar-refractivity contribution in [2.24, 2.45) is 11.5 Å². The van der Waals surface area contributed by atoms with Gasteiger partial charge in [-0.1, -0.05) is 12.8 Å². The minimum absolute atomic E-state index is 0.278. The molecule has 1 saturated carbocycles. The fourth-order valence-corrected chi connectivity index (χ4v) is 1.36. The molecule has 0 saturated heterocycles. The van der Waals surface area contributed by atoms with Gasteiger partial charge in [0, 0.05) is 6.54 Å². The molecule has 0 aromatic heterocycles. The van der Waals surface area contributed by atoms with Crippen LogP contribution >= 0.6 is 0 Å². The van der Waals surface area contributed by atoms with E-state index in [9.17, 15) is 4.79 Å². The fourth-order valence-electron chi connectivity index (χ4n) is 1.36. The Labute approximate surface area is 77.7 Å². The zero-order chi connectivity index (χ0) is 9.68. The third kappa shape index (κ3) is 3.71. The van der Waals surface area contributed by atoms with Crippen molar-refractivity contribution in [2.45, 2.75) is 37.8 Å². The molecule has 1 amide bonds. The van der Waals surface area contributed by atoms with Gasteiger partial charge in [0.1, 0.15) is 0 Å². The summed E-state index contributed by atoms with van der Waals surface area (Å²) in [4.78, 5) is 15.8. The van der Waals surface area contributed by atoms with Crippen LogP contribution in [0.3, 0.4) is 0 Å². The molecule has 76 valence electrons. The van der Waals surface area contributed by atoms with Crippen LogP contribution in [0.1, 0.15) is 25.7 Å². The molecule has 0 heterocycles. The van der Waals surface area contributed by atoms with Crippen LogP contribution in [0.2, 0.25) is 0 Å². The zero-order valence-corrected chi connectivity index (χ0v) is 7.66. The summed E-state index contributed by atoms with van der Waals surface area (Å²) >= 11 is 0. The van der Waals surface area contributed by atoms with E-state index < -0.39 is 11.9 Å². The van der Waals surface area contributed by atoms with Gasteiger partial charge < -0.3 is 11.5 Å². The van der Waals surface area contributed by atoms with Crippen LogP contribution in [-0.2, 0) is 9.63 Å². The van der Waals surface area contributed by atoms with E-state index in [0.29, 0.717) is 0 Å². The number of nitrogens with two attached hydrogens (primary N) is 2. The number of hydrogen-bond acceptors (Lipinski definition) is 4. The highest BCUT2D eigenvalue weighted by Gasteiger charge is 2.16. The van der Waals surface area contributed by atoms with Gasteiger partial charge in [-0.15, -0.1) is 0 Å². The number of carbonyl (C=O) groups is 1. The summed E-state index contributed by atoms with van der Waals surface area (Å²) in [5.41, 5.74) is 13.0. The molecule has 1 unspecified atom stereocenters. The van der Waals surface area contributed by atoms with Crippen molar-refractivity contribution < 1.29 is 9.63 Å². The van der Waals surface area contributed by atoms with Crippen LogP contribution in [0.25, 0.3) is 0 Å². The molecule has 1 fully saturated rings. The number of amides is 1. The molecule has 0 aromatic rings. The molecule has 0 aromatic carbocycles. The van der Waals surface area contributed by atoms with E-state index in [1.807, 2.05) is 0 Å². The van der Waals surface area contributed by atoms with Gasteiger partial charge in [-0.2, -0.15) is 0 Å². The summed E-state index contributed by atoms with van der Waals surface area (Å²) in [6, 6.07) is -0.665. The number of hydrogen-bond donors (Lipinski definition) is 3. The molecule has 0 spiro atoms. The van der Waals surface area contributed by atoms with Crippen molar-refractivity contribution >= 4 is 5.91 Å². The first-order valence-corrected chi connectivity index (χ1v) is 4.63. The minimum Gasteiger partial charge on any atom is -0.368 e. The second kappa shape index (κ2) is 5.16. The maximum atomic E-state index is 10.5. The third-order valence-electron chi connectivity index (χ3n) is 2.22. The lowest BCUT2D eigenvalue weighted by molar-refractivity contribution is -0.120. The maximum absolute atomic E-state index is 10.5. The molecule has 0 radical (unpaired) electrons. The van der Waals surface area contributed by atoms with E-state index in [-0.39, 0.29) is 12.6 Å². The van der Waals surface area contributed by atoms with E-state index in [2.05, 4.69) is 5.48 Å².